The molecule has 130 valence electrons. The summed E-state index contributed by atoms with van der Waals surface area (Å²) in [6, 6.07) is 22.7. The highest BCUT2D eigenvalue weighted by Crippen LogP contribution is 2.44. The second-order valence-electron chi connectivity index (χ2n) is 7.22. The lowest BCUT2D eigenvalue weighted by Crippen LogP contribution is -2.61. The molecule has 3 aliphatic heterocycles. The third kappa shape index (κ3) is 1.65. The van der Waals surface area contributed by atoms with Crippen LogP contribution in [-0.4, -0.2) is 11.7 Å². The number of rotatable bonds is 1. The molecule has 3 aliphatic rings. The van der Waals surface area contributed by atoms with Crippen molar-refractivity contribution < 1.29 is 9.47 Å². The van der Waals surface area contributed by atoms with E-state index < -0.39 is 0 Å². The Balaban J connectivity index is 1.63. The van der Waals surface area contributed by atoms with Crippen molar-refractivity contribution in [3.05, 3.63) is 79.1 Å². The lowest BCUT2D eigenvalue weighted by molar-refractivity contribution is 0.464. The molecule has 28 heavy (non-hydrogen) atoms. The molecule has 4 nitrogen and oxygen atoms in total. The monoisotopic (exact) mass is 360 g/mol. The number of nitrogens with zero attached hydrogens (tertiary/aromatic N) is 2. The summed E-state index contributed by atoms with van der Waals surface area (Å²) in [4.78, 5) is 6.47. The zero-order valence-corrected chi connectivity index (χ0v) is 14.8. The second kappa shape index (κ2) is 4.96. The van der Waals surface area contributed by atoms with Crippen LogP contribution in [0.3, 0.4) is 0 Å². The molecule has 0 saturated heterocycles. The first-order valence-corrected chi connectivity index (χ1v) is 9.35. The molecule has 0 N–H and O–H groups in total. The van der Waals surface area contributed by atoms with Crippen molar-refractivity contribution in [1.29, 1.82) is 0 Å². The highest BCUT2D eigenvalue weighted by atomic mass is 16.5. The Morgan fingerprint density at radius 3 is 1.68 bits per heavy atom. The Labute approximate surface area is 162 Å². The number of ether oxygens (including phenoxy) is 2. The Hall–Kier alpha value is -3.73. The van der Waals surface area contributed by atoms with Crippen LogP contribution in [0.25, 0.3) is 0 Å². The largest absolute Gasteiger partial charge is 0.458 e. The fraction of sp³-hybridized carbons (Fsp3) is 0. The number of hydrogen-bond acceptors (Lipinski definition) is 4. The van der Waals surface area contributed by atoms with Crippen LogP contribution in [0, 0.1) is 0 Å². The minimum absolute atomic E-state index is 0.115. The van der Waals surface area contributed by atoms with Crippen LogP contribution in [-0.2, 0) is 0 Å². The zero-order valence-electron chi connectivity index (χ0n) is 14.8. The SMILES string of the molecule is c1cc2c3c(c1)Oc1cccc4c1B3c1c(cccc1N4c1ccncc1)O2. The van der Waals surface area contributed by atoms with Gasteiger partial charge in [-0.2, -0.15) is 0 Å². The highest BCUT2D eigenvalue weighted by Gasteiger charge is 2.46. The average Bonchev–Trinajstić information content (AvgIpc) is 2.75. The van der Waals surface area contributed by atoms with Gasteiger partial charge in [-0.25, -0.2) is 0 Å². The van der Waals surface area contributed by atoms with Crippen LogP contribution in [0.15, 0.2) is 79.1 Å². The van der Waals surface area contributed by atoms with Crippen LogP contribution >= 0.6 is 0 Å². The summed E-state index contributed by atoms with van der Waals surface area (Å²) in [6.45, 7) is 0.115. The van der Waals surface area contributed by atoms with Crippen molar-refractivity contribution in [2.45, 2.75) is 0 Å². The lowest BCUT2D eigenvalue weighted by Gasteiger charge is -2.42. The number of anilines is 3. The summed E-state index contributed by atoms with van der Waals surface area (Å²) in [5, 5.41) is 0. The molecule has 0 unspecified atom stereocenters. The molecular weight excluding hydrogens is 347 g/mol. The minimum atomic E-state index is 0.115. The van der Waals surface area contributed by atoms with Gasteiger partial charge in [0, 0.05) is 34.9 Å². The molecule has 0 radical (unpaired) electrons. The van der Waals surface area contributed by atoms with Gasteiger partial charge in [-0.1, -0.05) is 18.2 Å². The van der Waals surface area contributed by atoms with Crippen LogP contribution in [0.4, 0.5) is 17.1 Å². The van der Waals surface area contributed by atoms with Crippen molar-refractivity contribution >= 4 is 40.2 Å². The fourth-order valence-electron chi connectivity index (χ4n) is 4.77. The van der Waals surface area contributed by atoms with Gasteiger partial charge < -0.3 is 14.4 Å². The van der Waals surface area contributed by atoms with Gasteiger partial charge in [0.15, 0.2) is 0 Å². The molecule has 0 bridgehead atoms. The minimum Gasteiger partial charge on any atom is -0.458 e. The standard InChI is InChI=1S/C23H13BN2O2/c1-4-15-21-17(6-1)27-19-8-3-9-20-23(19)24(21)22-16(5-2-7-18(22)28-20)26(15)14-10-12-25-13-11-14/h1-13H. The third-order valence-electron chi connectivity index (χ3n) is 5.82. The summed E-state index contributed by atoms with van der Waals surface area (Å²) >= 11 is 0. The van der Waals surface area contributed by atoms with Crippen LogP contribution in [0.1, 0.15) is 0 Å². The molecule has 4 aromatic rings. The molecule has 0 amide bonds. The third-order valence-corrected chi connectivity index (χ3v) is 5.82. The van der Waals surface area contributed by atoms with E-state index >= 15 is 0 Å². The van der Waals surface area contributed by atoms with Crippen molar-refractivity contribution in [3.63, 3.8) is 0 Å². The molecule has 0 fully saturated rings. The zero-order chi connectivity index (χ0) is 18.2. The topological polar surface area (TPSA) is 34.6 Å². The lowest BCUT2D eigenvalue weighted by atomic mass is 9.33. The van der Waals surface area contributed by atoms with Gasteiger partial charge in [0.2, 0.25) is 0 Å². The quantitative estimate of drug-likeness (QED) is 0.419. The van der Waals surface area contributed by atoms with E-state index in [4.69, 9.17) is 9.47 Å². The summed E-state index contributed by atoms with van der Waals surface area (Å²) in [5.41, 5.74) is 6.86. The Bertz CT molecular complexity index is 1210. The van der Waals surface area contributed by atoms with Crippen molar-refractivity contribution in [1.82, 2.24) is 4.98 Å². The maximum Gasteiger partial charge on any atom is 0.266 e. The van der Waals surface area contributed by atoms with E-state index in [-0.39, 0.29) is 6.71 Å². The van der Waals surface area contributed by atoms with Crippen LogP contribution in [0.2, 0.25) is 0 Å². The molecule has 0 spiro atoms. The van der Waals surface area contributed by atoms with Crippen LogP contribution in [0.5, 0.6) is 23.0 Å². The number of benzene rings is 3. The number of hydrogen-bond donors (Lipinski definition) is 0. The van der Waals surface area contributed by atoms with Gasteiger partial charge in [0.1, 0.15) is 23.0 Å². The molecule has 7 rings (SSSR count). The van der Waals surface area contributed by atoms with E-state index in [1.54, 1.807) is 0 Å². The highest BCUT2D eigenvalue weighted by molar-refractivity contribution is 7.00. The predicted molar refractivity (Wildman–Crippen MR) is 110 cm³/mol. The van der Waals surface area contributed by atoms with E-state index in [9.17, 15) is 0 Å². The average molecular weight is 360 g/mol. The normalized spacial score (nSPS) is 14.1. The van der Waals surface area contributed by atoms with Gasteiger partial charge in [0.05, 0.1) is 0 Å². The van der Waals surface area contributed by atoms with E-state index in [1.807, 2.05) is 42.7 Å². The molecule has 0 aliphatic carbocycles. The summed E-state index contributed by atoms with van der Waals surface area (Å²) < 4.78 is 12.6. The molecular formula is C23H13BN2O2. The molecule has 4 heterocycles. The molecule has 0 saturated carbocycles. The van der Waals surface area contributed by atoms with Gasteiger partial charge >= 0.3 is 0 Å². The smallest absolute Gasteiger partial charge is 0.266 e. The van der Waals surface area contributed by atoms with E-state index in [1.165, 1.54) is 10.9 Å². The van der Waals surface area contributed by atoms with E-state index in [2.05, 4.69) is 46.3 Å². The van der Waals surface area contributed by atoms with Crippen molar-refractivity contribution in [2.75, 3.05) is 4.90 Å². The van der Waals surface area contributed by atoms with E-state index in [0.29, 0.717) is 0 Å². The van der Waals surface area contributed by atoms with Gasteiger partial charge in [-0.3, -0.25) is 4.98 Å². The maximum atomic E-state index is 6.31. The van der Waals surface area contributed by atoms with E-state index in [0.717, 1.165) is 45.5 Å². The molecule has 0 atom stereocenters. The summed E-state index contributed by atoms with van der Waals surface area (Å²) in [6.07, 6.45) is 3.65. The van der Waals surface area contributed by atoms with Crippen LogP contribution < -0.4 is 30.8 Å². The summed E-state index contributed by atoms with van der Waals surface area (Å²) in [7, 11) is 0. The fourth-order valence-corrected chi connectivity index (χ4v) is 4.77. The Morgan fingerprint density at radius 1 is 0.607 bits per heavy atom. The van der Waals surface area contributed by atoms with Gasteiger partial charge in [-0.15, -0.1) is 0 Å². The predicted octanol–water partition coefficient (Wildman–Crippen LogP) is 3.59. The number of pyridine rings is 1. The Morgan fingerprint density at radius 2 is 1.11 bits per heavy atom. The summed E-state index contributed by atoms with van der Waals surface area (Å²) in [5.74, 6) is 3.58. The first-order chi connectivity index (χ1) is 13.9. The second-order valence-corrected chi connectivity index (χ2v) is 7.22. The molecule has 3 aromatic carbocycles. The molecule has 5 heteroatoms. The van der Waals surface area contributed by atoms with Gasteiger partial charge in [0.25, 0.3) is 6.71 Å². The van der Waals surface area contributed by atoms with Gasteiger partial charge in [-0.05, 0) is 59.5 Å². The van der Waals surface area contributed by atoms with Crippen molar-refractivity contribution in [2.24, 2.45) is 0 Å². The van der Waals surface area contributed by atoms with Crippen molar-refractivity contribution in [3.8, 4) is 23.0 Å². The molecule has 1 aromatic heterocycles. The number of aromatic nitrogens is 1. The maximum absolute atomic E-state index is 6.31. The first-order valence-electron chi connectivity index (χ1n) is 9.35. The first kappa shape index (κ1) is 14.3. The Kier molecular flexibility index (Phi) is 2.54.